The third-order valence-electron chi connectivity index (χ3n) is 3.40. The van der Waals surface area contributed by atoms with Crippen LogP contribution in [0.5, 0.6) is 0 Å². The minimum atomic E-state index is -2.86. The Morgan fingerprint density at radius 1 is 1.23 bits per heavy atom. The van der Waals surface area contributed by atoms with Gasteiger partial charge >= 0.3 is 12.1 Å². The number of hydrogen-bond acceptors (Lipinski definition) is 5. The Labute approximate surface area is 158 Å². The number of ether oxygens (including phenoxy) is 2. The summed E-state index contributed by atoms with van der Waals surface area (Å²) in [5.41, 5.74) is -0.201. The number of methoxy groups -OCH3 is 1. The fraction of sp³-hybridized carbons (Fsp3) is 0.526. The Morgan fingerprint density at radius 3 is 2.35 bits per heavy atom. The molecule has 0 fully saturated rings. The van der Waals surface area contributed by atoms with Crippen molar-refractivity contribution in [3.63, 3.8) is 0 Å². The van der Waals surface area contributed by atoms with E-state index in [9.17, 15) is 14.4 Å². The summed E-state index contributed by atoms with van der Waals surface area (Å²) in [5.74, 6) is -1.66. The summed E-state index contributed by atoms with van der Waals surface area (Å²) >= 11 is 0. The van der Waals surface area contributed by atoms with Gasteiger partial charge in [-0.1, -0.05) is 30.3 Å². The second kappa shape index (κ2) is 9.22. The number of alkyl carbamates (subject to hydrolysis) is 1. The molecule has 7 nitrogen and oxygen atoms in total. The molecular weight excluding hydrogens is 336 g/mol. The van der Waals surface area contributed by atoms with Crippen LogP contribution in [-0.2, 0) is 25.6 Å². The predicted molar refractivity (Wildman–Crippen MR) is 97.3 cm³/mol. The Balaban J connectivity index is 3.21. The van der Waals surface area contributed by atoms with Gasteiger partial charge in [-0.15, -0.1) is 0 Å². The maximum atomic E-state index is 13.1. The topological polar surface area (TPSA) is 84.9 Å². The lowest BCUT2D eigenvalue weighted by molar-refractivity contribution is -0.153. The molecule has 0 radical (unpaired) electrons. The number of hydrogen-bond donors (Lipinski definition) is 1. The third kappa shape index (κ3) is 6.74. The normalized spacial score (nSPS) is 15.5. The molecule has 0 saturated carbocycles. The van der Waals surface area contributed by atoms with Gasteiger partial charge in [0, 0.05) is 10.7 Å². The SMILES string of the molecule is [2H]C([2H])([2H])[C@@H](NC(=O)OC(C)(C)C)C(=O)N(Cc1ccccc1)[C@@H](C)C(=O)OC. The second-order valence-corrected chi connectivity index (χ2v) is 6.73. The van der Waals surface area contributed by atoms with E-state index in [0.717, 1.165) is 4.90 Å². The first-order chi connectivity index (χ1) is 13.3. The van der Waals surface area contributed by atoms with Gasteiger partial charge in [-0.3, -0.25) is 4.79 Å². The third-order valence-corrected chi connectivity index (χ3v) is 3.40. The van der Waals surface area contributed by atoms with E-state index >= 15 is 0 Å². The molecule has 7 heteroatoms. The summed E-state index contributed by atoms with van der Waals surface area (Å²) in [6.07, 6.45) is -1.04. The molecule has 0 saturated heterocycles. The number of nitrogens with one attached hydrogen (secondary N) is 1. The average molecular weight is 367 g/mol. The second-order valence-electron chi connectivity index (χ2n) is 6.73. The monoisotopic (exact) mass is 367 g/mol. The van der Waals surface area contributed by atoms with E-state index in [-0.39, 0.29) is 6.54 Å². The minimum Gasteiger partial charge on any atom is -0.467 e. The molecular formula is C19H28N2O5. The first kappa shape index (κ1) is 16.9. The Bertz CT molecular complexity index is 717. The van der Waals surface area contributed by atoms with E-state index in [0.29, 0.717) is 5.56 Å². The number of nitrogens with zero attached hydrogens (tertiary/aromatic N) is 1. The molecule has 0 aliphatic carbocycles. The van der Waals surface area contributed by atoms with Crippen molar-refractivity contribution < 1.29 is 28.0 Å². The quantitative estimate of drug-likeness (QED) is 0.781. The van der Waals surface area contributed by atoms with Gasteiger partial charge in [-0.2, -0.15) is 0 Å². The van der Waals surface area contributed by atoms with Crippen LogP contribution in [0, 0.1) is 0 Å². The average Bonchev–Trinajstić information content (AvgIpc) is 2.61. The summed E-state index contributed by atoms with van der Waals surface area (Å²) < 4.78 is 32.9. The maximum Gasteiger partial charge on any atom is 0.408 e. The first-order valence-electron chi connectivity index (χ1n) is 9.68. The van der Waals surface area contributed by atoms with Crippen molar-refractivity contribution in [3.8, 4) is 0 Å². The standard InChI is InChI=1S/C19H28N2O5/c1-13(20-18(24)26-19(3,4)5)16(22)21(14(2)17(23)25-6)12-15-10-8-7-9-11-15/h7-11,13-14H,12H2,1-6H3,(H,20,24)/t13-,14+/m1/s1/i1D3. The summed E-state index contributed by atoms with van der Waals surface area (Å²) in [6, 6.07) is 5.79. The minimum absolute atomic E-state index is 0.0431. The van der Waals surface area contributed by atoms with Crippen molar-refractivity contribution in [2.75, 3.05) is 7.11 Å². The molecule has 2 atom stereocenters. The van der Waals surface area contributed by atoms with Crippen LogP contribution in [0.4, 0.5) is 4.79 Å². The largest absolute Gasteiger partial charge is 0.467 e. The molecule has 0 aliphatic rings. The number of benzene rings is 1. The molecule has 0 bridgehead atoms. The molecule has 144 valence electrons. The van der Waals surface area contributed by atoms with Crippen LogP contribution >= 0.6 is 0 Å². The van der Waals surface area contributed by atoms with E-state index in [4.69, 9.17) is 13.6 Å². The molecule has 1 aromatic rings. The highest BCUT2D eigenvalue weighted by molar-refractivity contribution is 5.89. The summed E-state index contributed by atoms with van der Waals surface area (Å²) in [6.45, 7) is 3.35. The smallest absolute Gasteiger partial charge is 0.408 e. The van der Waals surface area contributed by atoms with Crippen LogP contribution < -0.4 is 5.32 Å². The van der Waals surface area contributed by atoms with Crippen molar-refractivity contribution in [1.82, 2.24) is 10.2 Å². The van der Waals surface area contributed by atoms with Crippen LogP contribution in [0.2, 0.25) is 0 Å². The molecule has 2 amide bonds. The van der Waals surface area contributed by atoms with Crippen molar-refractivity contribution in [1.29, 1.82) is 0 Å². The number of esters is 1. The molecule has 1 rings (SSSR count). The van der Waals surface area contributed by atoms with Gasteiger partial charge in [0.05, 0.1) is 7.11 Å². The van der Waals surface area contributed by atoms with E-state index in [1.165, 1.54) is 14.0 Å². The Kier molecular flexibility index (Phi) is 5.98. The van der Waals surface area contributed by atoms with Gasteiger partial charge in [0.1, 0.15) is 17.7 Å². The highest BCUT2D eigenvalue weighted by Crippen LogP contribution is 2.12. The molecule has 0 aromatic heterocycles. The van der Waals surface area contributed by atoms with Crippen molar-refractivity contribution >= 4 is 18.0 Å². The molecule has 0 aliphatic heterocycles. The molecule has 26 heavy (non-hydrogen) atoms. The van der Waals surface area contributed by atoms with Crippen LogP contribution in [0.1, 0.15) is 44.2 Å². The number of rotatable bonds is 6. The van der Waals surface area contributed by atoms with Crippen LogP contribution in [0.25, 0.3) is 0 Å². The van der Waals surface area contributed by atoms with Gasteiger partial charge in [0.25, 0.3) is 0 Å². The number of carbonyl (C=O) groups excluding carboxylic acids is 3. The lowest BCUT2D eigenvalue weighted by atomic mass is 10.1. The maximum absolute atomic E-state index is 13.1. The lowest BCUT2D eigenvalue weighted by Gasteiger charge is -2.30. The van der Waals surface area contributed by atoms with E-state index < -0.39 is 42.5 Å². The molecule has 1 aromatic carbocycles. The van der Waals surface area contributed by atoms with Crippen LogP contribution in [0.3, 0.4) is 0 Å². The molecule has 0 spiro atoms. The zero-order chi connectivity index (χ0) is 22.4. The van der Waals surface area contributed by atoms with Gasteiger partial charge in [0.15, 0.2) is 0 Å². The fourth-order valence-corrected chi connectivity index (χ4v) is 2.14. The van der Waals surface area contributed by atoms with E-state index in [1.54, 1.807) is 51.1 Å². The Hall–Kier alpha value is -2.57. The van der Waals surface area contributed by atoms with Crippen molar-refractivity contribution in [2.24, 2.45) is 0 Å². The zero-order valence-corrected chi connectivity index (χ0v) is 15.7. The van der Waals surface area contributed by atoms with Gasteiger partial charge in [-0.25, -0.2) is 9.59 Å². The molecule has 0 heterocycles. The van der Waals surface area contributed by atoms with E-state index in [2.05, 4.69) is 5.32 Å². The lowest BCUT2D eigenvalue weighted by Crippen LogP contribution is -2.52. The highest BCUT2D eigenvalue weighted by Gasteiger charge is 2.31. The van der Waals surface area contributed by atoms with Gasteiger partial charge in [0.2, 0.25) is 5.91 Å². The first-order valence-corrected chi connectivity index (χ1v) is 8.18. The van der Waals surface area contributed by atoms with Gasteiger partial charge < -0.3 is 19.7 Å². The summed E-state index contributed by atoms with van der Waals surface area (Å²) in [5, 5.41) is 2.12. The zero-order valence-electron chi connectivity index (χ0n) is 18.7. The summed E-state index contributed by atoms with van der Waals surface area (Å²) in [4.78, 5) is 38.4. The highest BCUT2D eigenvalue weighted by atomic mass is 16.6. The Morgan fingerprint density at radius 2 is 1.85 bits per heavy atom. The number of amides is 2. The fourth-order valence-electron chi connectivity index (χ4n) is 2.14. The van der Waals surface area contributed by atoms with Crippen molar-refractivity contribution in [2.45, 2.75) is 58.8 Å². The molecule has 1 N–H and O–H groups in total. The van der Waals surface area contributed by atoms with Gasteiger partial charge in [-0.05, 0) is 40.1 Å². The van der Waals surface area contributed by atoms with E-state index in [1.807, 2.05) is 0 Å². The predicted octanol–water partition coefficient (Wildman–Crippen LogP) is 2.49. The van der Waals surface area contributed by atoms with Crippen LogP contribution in [0.15, 0.2) is 30.3 Å². The molecule has 0 unspecified atom stereocenters. The van der Waals surface area contributed by atoms with Crippen molar-refractivity contribution in [3.05, 3.63) is 35.9 Å². The number of carbonyl (C=O) groups is 3. The van der Waals surface area contributed by atoms with Crippen LogP contribution in [-0.4, -0.2) is 47.7 Å². The summed E-state index contributed by atoms with van der Waals surface area (Å²) in [7, 11) is 1.17.